The molecule has 6 heteroatoms. The number of nitriles is 1. The molecule has 108 valence electrons. The van der Waals surface area contributed by atoms with Crippen molar-refractivity contribution >= 4 is 5.91 Å². The van der Waals surface area contributed by atoms with Gasteiger partial charge in [-0.25, -0.2) is 8.78 Å². The van der Waals surface area contributed by atoms with Gasteiger partial charge in [-0.15, -0.1) is 0 Å². The molecule has 0 spiro atoms. The summed E-state index contributed by atoms with van der Waals surface area (Å²) in [5.74, 6) is 0.262. The molecular weight excluding hydrogens is 254 g/mol. The van der Waals surface area contributed by atoms with E-state index in [-0.39, 0.29) is 18.9 Å². The van der Waals surface area contributed by atoms with Crippen LogP contribution in [0, 0.1) is 17.2 Å². The maximum Gasteiger partial charge on any atom is 0.261 e. The van der Waals surface area contributed by atoms with Gasteiger partial charge in [0.05, 0.1) is 19.1 Å². The lowest BCUT2D eigenvalue weighted by molar-refractivity contribution is -0.124. The molecule has 0 aromatic heterocycles. The first kappa shape index (κ1) is 15.8. The average molecular weight is 274 g/mol. The van der Waals surface area contributed by atoms with E-state index in [2.05, 4.69) is 23.0 Å². The van der Waals surface area contributed by atoms with Gasteiger partial charge >= 0.3 is 0 Å². The highest BCUT2D eigenvalue weighted by Crippen LogP contribution is 2.31. The highest BCUT2D eigenvalue weighted by Gasteiger charge is 2.35. The summed E-state index contributed by atoms with van der Waals surface area (Å²) in [4.78, 5) is 11.7. The zero-order chi connectivity index (χ0) is 14.3. The van der Waals surface area contributed by atoms with E-state index >= 15 is 0 Å². The van der Waals surface area contributed by atoms with Crippen molar-refractivity contribution in [2.45, 2.75) is 51.0 Å². The number of alkyl halides is 2. The number of carbonyl (C=O) groups excluding carboxylic acids is 1. The number of halogens is 2. The largest absolute Gasteiger partial charge is 0.375 e. The van der Waals surface area contributed by atoms with Gasteiger partial charge in [0.1, 0.15) is 12.1 Å². The molecule has 19 heavy (non-hydrogen) atoms. The maximum absolute atomic E-state index is 11.8. The highest BCUT2D eigenvalue weighted by atomic mass is 19.3. The maximum atomic E-state index is 11.8. The summed E-state index contributed by atoms with van der Waals surface area (Å²) in [6, 6.07) is 2.18. The number of nitrogens with one attached hydrogen (secondary N) is 1. The molecule has 1 N–H and O–H groups in total. The van der Waals surface area contributed by atoms with E-state index < -0.39 is 18.6 Å². The number of rotatable bonds is 6. The topological polar surface area (TPSA) is 62.1 Å². The number of amides is 1. The molecule has 0 radical (unpaired) electrons. The van der Waals surface area contributed by atoms with Crippen LogP contribution in [0.25, 0.3) is 0 Å². The summed E-state index contributed by atoms with van der Waals surface area (Å²) >= 11 is 0. The molecule has 0 aromatic carbocycles. The highest BCUT2D eigenvalue weighted by molar-refractivity contribution is 5.77. The predicted octanol–water partition coefficient (Wildman–Crippen LogP) is 2.25. The Labute approximate surface area is 112 Å². The van der Waals surface area contributed by atoms with Crippen LogP contribution in [0.3, 0.4) is 0 Å². The molecule has 1 amide bonds. The van der Waals surface area contributed by atoms with Crippen molar-refractivity contribution in [1.29, 1.82) is 5.26 Å². The van der Waals surface area contributed by atoms with E-state index in [9.17, 15) is 18.8 Å². The molecule has 1 rings (SSSR count). The molecule has 4 nitrogen and oxygen atoms in total. The Morgan fingerprint density at radius 1 is 1.53 bits per heavy atom. The fourth-order valence-electron chi connectivity index (χ4n) is 2.19. The molecule has 0 unspecified atom stereocenters. The minimum Gasteiger partial charge on any atom is -0.375 e. The quantitative estimate of drug-likeness (QED) is 0.756. The van der Waals surface area contributed by atoms with Gasteiger partial charge in [-0.1, -0.05) is 6.92 Å². The Morgan fingerprint density at radius 2 is 2.16 bits per heavy atom. The van der Waals surface area contributed by atoms with E-state index in [0.717, 1.165) is 12.8 Å². The molecule has 0 atom stereocenters. The molecule has 0 aliphatic heterocycles. The van der Waals surface area contributed by atoms with Gasteiger partial charge < -0.3 is 10.1 Å². The van der Waals surface area contributed by atoms with Crippen LogP contribution in [0.5, 0.6) is 0 Å². The number of hydrogen-bond donors (Lipinski definition) is 1. The zero-order valence-electron chi connectivity index (χ0n) is 11.1. The van der Waals surface area contributed by atoms with Gasteiger partial charge in [0.15, 0.2) is 0 Å². The first-order chi connectivity index (χ1) is 8.97. The summed E-state index contributed by atoms with van der Waals surface area (Å²) in [6.45, 7) is 1.42. The van der Waals surface area contributed by atoms with Crippen LogP contribution in [0.1, 0.15) is 39.0 Å². The fourth-order valence-corrected chi connectivity index (χ4v) is 2.19. The van der Waals surface area contributed by atoms with Gasteiger partial charge in [-0.2, -0.15) is 5.26 Å². The summed E-state index contributed by atoms with van der Waals surface area (Å²) in [6.07, 6.45) is 0.605. The van der Waals surface area contributed by atoms with Crippen LogP contribution < -0.4 is 5.32 Å². The lowest BCUT2D eigenvalue weighted by Gasteiger charge is -2.34. The van der Waals surface area contributed by atoms with E-state index in [1.165, 1.54) is 0 Å². The molecule has 1 aliphatic rings. The van der Waals surface area contributed by atoms with Crippen molar-refractivity contribution in [3.05, 3.63) is 0 Å². The van der Waals surface area contributed by atoms with E-state index in [1.807, 2.05) is 0 Å². The third-order valence-electron chi connectivity index (χ3n) is 3.44. The number of ether oxygens (including phenoxy) is 1. The van der Waals surface area contributed by atoms with Crippen molar-refractivity contribution < 1.29 is 18.3 Å². The lowest BCUT2D eigenvalue weighted by atomic mass is 9.78. The van der Waals surface area contributed by atoms with Crippen LogP contribution in [0.2, 0.25) is 0 Å². The van der Waals surface area contributed by atoms with E-state index in [4.69, 9.17) is 0 Å². The van der Waals surface area contributed by atoms with Gasteiger partial charge in [0.25, 0.3) is 6.43 Å². The van der Waals surface area contributed by atoms with Crippen LogP contribution in [-0.2, 0) is 9.53 Å². The van der Waals surface area contributed by atoms with Crippen LogP contribution >= 0.6 is 0 Å². The summed E-state index contributed by atoms with van der Waals surface area (Å²) in [5.41, 5.74) is -0.785. The van der Waals surface area contributed by atoms with Crippen LogP contribution in [-0.4, -0.2) is 31.1 Å². The Morgan fingerprint density at radius 3 is 2.68 bits per heavy atom. The second-order valence-electron chi connectivity index (χ2n) is 5.14. The molecule has 1 aliphatic carbocycles. The SMILES string of the molecule is CC1CCC(C#N)(NC(=O)CCOCC(F)F)CC1. The minimum absolute atomic E-state index is 0.00566. The second-order valence-corrected chi connectivity index (χ2v) is 5.14. The zero-order valence-corrected chi connectivity index (χ0v) is 11.1. The molecule has 0 aromatic rings. The van der Waals surface area contributed by atoms with Crippen molar-refractivity contribution in [2.75, 3.05) is 13.2 Å². The Bertz CT molecular complexity index is 334. The molecule has 1 fully saturated rings. The van der Waals surface area contributed by atoms with Crippen LogP contribution in [0.4, 0.5) is 8.78 Å². The normalized spacial score (nSPS) is 27.0. The monoisotopic (exact) mass is 274 g/mol. The molecule has 0 saturated heterocycles. The van der Waals surface area contributed by atoms with Crippen molar-refractivity contribution in [3.8, 4) is 6.07 Å². The van der Waals surface area contributed by atoms with Gasteiger partial charge in [-0.3, -0.25) is 4.79 Å². The van der Waals surface area contributed by atoms with Gasteiger partial charge in [0.2, 0.25) is 5.91 Å². The van der Waals surface area contributed by atoms with Crippen LogP contribution in [0.15, 0.2) is 0 Å². The molecule has 1 saturated carbocycles. The third kappa shape index (κ3) is 5.52. The summed E-state index contributed by atoms with van der Waals surface area (Å²) in [7, 11) is 0. The van der Waals surface area contributed by atoms with E-state index in [1.54, 1.807) is 0 Å². The summed E-state index contributed by atoms with van der Waals surface area (Å²) in [5, 5.41) is 11.9. The second kappa shape index (κ2) is 7.39. The third-order valence-corrected chi connectivity index (χ3v) is 3.44. The number of carbonyl (C=O) groups is 1. The Kier molecular flexibility index (Phi) is 6.16. The van der Waals surface area contributed by atoms with Crippen molar-refractivity contribution in [2.24, 2.45) is 5.92 Å². The van der Waals surface area contributed by atoms with Crippen molar-refractivity contribution in [3.63, 3.8) is 0 Å². The molecule has 0 bridgehead atoms. The first-order valence-corrected chi connectivity index (χ1v) is 6.55. The molecule has 0 heterocycles. The standard InChI is InChI=1S/C13H20F2N2O2/c1-10-2-5-13(9-16,6-3-10)17-12(18)4-7-19-8-11(14)15/h10-11H,2-8H2,1H3,(H,17,18). The predicted molar refractivity (Wildman–Crippen MR) is 65.6 cm³/mol. The fraction of sp³-hybridized carbons (Fsp3) is 0.846. The lowest BCUT2D eigenvalue weighted by Crippen LogP contribution is -2.49. The number of hydrogen-bond acceptors (Lipinski definition) is 3. The van der Waals surface area contributed by atoms with E-state index in [0.29, 0.717) is 18.8 Å². The van der Waals surface area contributed by atoms with Crippen molar-refractivity contribution in [1.82, 2.24) is 5.32 Å². The minimum atomic E-state index is -2.52. The van der Waals surface area contributed by atoms with Gasteiger partial charge in [0, 0.05) is 0 Å². The summed E-state index contributed by atoms with van der Waals surface area (Å²) < 4.78 is 28.3. The molecular formula is C13H20F2N2O2. The average Bonchev–Trinajstić information content (AvgIpc) is 2.38. The number of nitrogens with zero attached hydrogens (tertiary/aromatic N) is 1. The van der Waals surface area contributed by atoms with Gasteiger partial charge in [-0.05, 0) is 31.6 Å². The first-order valence-electron chi connectivity index (χ1n) is 6.55. The Hall–Kier alpha value is -1.22. The smallest absolute Gasteiger partial charge is 0.261 e. The Balaban J connectivity index is 2.31.